The molecule has 0 aromatic heterocycles. The molecule has 0 unspecified atom stereocenters. The number of benzene rings is 1. The first-order chi connectivity index (χ1) is 11.8. The Hall–Kier alpha value is -1.57. The summed E-state index contributed by atoms with van der Waals surface area (Å²) in [5.74, 6) is -0.378. The van der Waals surface area contributed by atoms with Crippen LogP contribution in [0.1, 0.15) is 26.7 Å². The highest BCUT2D eigenvalue weighted by Gasteiger charge is 2.34. The Kier molecular flexibility index (Phi) is 6.87. The summed E-state index contributed by atoms with van der Waals surface area (Å²) in [6, 6.07) is 6.72. The van der Waals surface area contributed by atoms with E-state index in [1.54, 1.807) is 31.2 Å². The summed E-state index contributed by atoms with van der Waals surface area (Å²) in [7, 11) is -3.92. The summed E-state index contributed by atoms with van der Waals surface area (Å²) >= 11 is 5.83. The Morgan fingerprint density at radius 2 is 1.92 bits per heavy atom. The Morgan fingerprint density at radius 3 is 2.48 bits per heavy atom. The molecule has 6 nitrogen and oxygen atoms in total. The highest BCUT2D eigenvalue weighted by atomic mass is 35.5. The molecule has 0 amide bonds. The maximum Gasteiger partial charge on any atom is 0.352 e. The lowest BCUT2D eigenvalue weighted by atomic mass is 10.0. The second kappa shape index (κ2) is 8.69. The molecule has 2 rings (SSSR count). The Bertz CT molecular complexity index is 724. The topological polar surface area (TPSA) is 75.7 Å². The van der Waals surface area contributed by atoms with Gasteiger partial charge >= 0.3 is 5.97 Å². The lowest BCUT2D eigenvalue weighted by Crippen LogP contribution is -2.40. The van der Waals surface area contributed by atoms with Crippen molar-refractivity contribution in [1.29, 1.82) is 0 Å². The third kappa shape index (κ3) is 5.20. The average Bonchev–Trinajstić information content (AvgIpc) is 2.57. The van der Waals surface area contributed by atoms with Gasteiger partial charge in [0, 0.05) is 30.0 Å². The predicted octanol–water partition coefficient (Wildman–Crippen LogP) is 3.22. The van der Waals surface area contributed by atoms with E-state index in [0.29, 0.717) is 29.7 Å². The van der Waals surface area contributed by atoms with Crippen molar-refractivity contribution in [3.8, 4) is 0 Å². The normalized spacial score (nSPS) is 17.3. The van der Waals surface area contributed by atoms with Gasteiger partial charge < -0.3 is 10.1 Å². The van der Waals surface area contributed by atoms with Crippen LogP contribution in [0.2, 0.25) is 5.02 Å². The lowest BCUT2D eigenvalue weighted by molar-refractivity contribution is -0.137. The van der Waals surface area contributed by atoms with Crippen molar-refractivity contribution in [2.75, 3.05) is 25.0 Å². The number of piperidine rings is 1. The Labute approximate surface area is 153 Å². The van der Waals surface area contributed by atoms with Gasteiger partial charge in [0.1, 0.15) is 0 Å². The monoisotopic (exact) mass is 386 g/mol. The molecule has 1 aromatic carbocycles. The number of nitrogens with one attached hydrogen (secondary N) is 1. The quantitative estimate of drug-likeness (QED) is 0.600. The van der Waals surface area contributed by atoms with Crippen molar-refractivity contribution in [2.24, 2.45) is 5.92 Å². The standard InChI is InChI=1S/C17H23ClN2O4S/c1-3-24-17(21)16(12-19-15-6-4-14(18)5-7-15)25(22,23)20-10-8-13(2)9-11-20/h4-7,12-13,19H,3,8-11H2,1-2H3/b16-12-. The number of hydrogen-bond donors (Lipinski definition) is 1. The molecule has 0 aliphatic carbocycles. The molecule has 1 aliphatic heterocycles. The minimum Gasteiger partial charge on any atom is -0.462 e. The molecular formula is C17H23ClN2O4S. The summed E-state index contributed by atoms with van der Waals surface area (Å²) in [5, 5.41) is 3.40. The van der Waals surface area contributed by atoms with Gasteiger partial charge in [0.05, 0.1) is 6.61 Å². The smallest absolute Gasteiger partial charge is 0.352 e. The highest BCUT2D eigenvalue weighted by Crippen LogP contribution is 2.24. The third-order valence-corrected chi connectivity index (χ3v) is 6.19. The van der Waals surface area contributed by atoms with E-state index in [0.717, 1.165) is 12.8 Å². The molecule has 1 saturated heterocycles. The fourth-order valence-electron chi connectivity index (χ4n) is 2.50. The van der Waals surface area contributed by atoms with Crippen LogP contribution in [0, 0.1) is 5.92 Å². The van der Waals surface area contributed by atoms with Crippen molar-refractivity contribution in [3.05, 3.63) is 40.4 Å². The molecule has 0 radical (unpaired) electrons. The SMILES string of the molecule is CCOC(=O)/C(=C/Nc1ccc(Cl)cc1)S(=O)(=O)N1CCC(C)CC1. The summed E-state index contributed by atoms with van der Waals surface area (Å²) in [5.41, 5.74) is 0.619. The minimum absolute atomic E-state index is 0.101. The predicted molar refractivity (Wildman–Crippen MR) is 98.7 cm³/mol. The van der Waals surface area contributed by atoms with Gasteiger partial charge in [0.2, 0.25) is 0 Å². The minimum atomic E-state index is -3.92. The molecule has 1 fully saturated rings. The molecule has 1 heterocycles. The number of hydrogen-bond acceptors (Lipinski definition) is 5. The largest absolute Gasteiger partial charge is 0.462 e. The van der Waals surface area contributed by atoms with Crippen molar-refractivity contribution in [2.45, 2.75) is 26.7 Å². The van der Waals surface area contributed by atoms with E-state index in [1.807, 2.05) is 0 Å². The molecule has 1 aromatic rings. The first-order valence-corrected chi connectivity index (χ1v) is 10.1. The van der Waals surface area contributed by atoms with Gasteiger partial charge in [-0.25, -0.2) is 13.2 Å². The summed E-state index contributed by atoms with van der Waals surface area (Å²) in [4.78, 5) is 11.8. The summed E-state index contributed by atoms with van der Waals surface area (Å²) in [6.07, 6.45) is 2.74. The van der Waals surface area contributed by atoms with Gasteiger partial charge in [-0.2, -0.15) is 4.31 Å². The van der Waals surface area contributed by atoms with Crippen LogP contribution in [-0.2, 0) is 19.6 Å². The van der Waals surface area contributed by atoms with Crippen molar-refractivity contribution in [3.63, 3.8) is 0 Å². The van der Waals surface area contributed by atoms with Crippen molar-refractivity contribution < 1.29 is 17.9 Å². The van der Waals surface area contributed by atoms with E-state index in [2.05, 4.69) is 12.2 Å². The van der Waals surface area contributed by atoms with Gasteiger partial charge in [0.25, 0.3) is 10.0 Å². The molecule has 138 valence electrons. The number of carbonyl (C=O) groups excluding carboxylic acids is 1. The first kappa shape index (κ1) is 19.8. The van der Waals surface area contributed by atoms with Crippen LogP contribution in [-0.4, -0.2) is 38.4 Å². The number of rotatable bonds is 6. The number of nitrogens with zero attached hydrogens (tertiary/aromatic N) is 1. The molecule has 1 aliphatic rings. The fourth-order valence-corrected chi connectivity index (χ4v) is 4.07. The maximum atomic E-state index is 12.9. The second-order valence-corrected chi connectivity index (χ2v) is 8.31. The molecule has 1 N–H and O–H groups in total. The average molecular weight is 387 g/mol. The van der Waals surface area contributed by atoms with E-state index in [9.17, 15) is 13.2 Å². The van der Waals surface area contributed by atoms with Crippen LogP contribution in [0.15, 0.2) is 35.4 Å². The van der Waals surface area contributed by atoms with E-state index >= 15 is 0 Å². The summed E-state index contributed by atoms with van der Waals surface area (Å²) in [6.45, 7) is 4.64. The van der Waals surface area contributed by atoms with E-state index in [1.165, 1.54) is 10.5 Å². The zero-order chi connectivity index (χ0) is 18.4. The molecular weight excluding hydrogens is 364 g/mol. The third-order valence-electron chi connectivity index (χ3n) is 4.05. The van der Waals surface area contributed by atoms with Gasteiger partial charge in [-0.05, 0) is 49.9 Å². The number of sulfonamides is 1. The summed E-state index contributed by atoms with van der Waals surface area (Å²) < 4.78 is 32.0. The number of carbonyl (C=O) groups is 1. The molecule has 8 heteroatoms. The number of halogens is 1. The van der Waals surface area contributed by atoms with Crippen LogP contribution in [0.4, 0.5) is 5.69 Å². The molecule has 25 heavy (non-hydrogen) atoms. The second-order valence-electron chi connectivity index (χ2n) is 5.97. The molecule has 0 saturated carbocycles. The Balaban J connectivity index is 2.26. The number of anilines is 1. The van der Waals surface area contributed by atoms with E-state index in [4.69, 9.17) is 16.3 Å². The van der Waals surface area contributed by atoms with Crippen LogP contribution >= 0.6 is 11.6 Å². The van der Waals surface area contributed by atoms with Crippen LogP contribution in [0.5, 0.6) is 0 Å². The Morgan fingerprint density at radius 1 is 1.32 bits per heavy atom. The molecule has 0 spiro atoms. The van der Waals surface area contributed by atoms with Gasteiger partial charge in [0.15, 0.2) is 4.91 Å². The molecule has 0 atom stereocenters. The first-order valence-electron chi connectivity index (χ1n) is 8.24. The van der Waals surface area contributed by atoms with Gasteiger partial charge in [-0.3, -0.25) is 0 Å². The van der Waals surface area contributed by atoms with Crippen LogP contribution < -0.4 is 5.32 Å². The van der Waals surface area contributed by atoms with Gasteiger partial charge in [-0.15, -0.1) is 0 Å². The van der Waals surface area contributed by atoms with Crippen LogP contribution in [0.25, 0.3) is 0 Å². The number of esters is 1. The highest BCUT2D eigenvalue weighted by molar-refractivity contribution is 7.94. The fraction of sp³-hybridized carbons (Fsp3) is 0.471. The lowest BCUT2D eigenvalue weighted by Gasteiger charge is -2.29. The van der Waals surface area contributed by atoms with E-state index < -0.39 is 16.0 Å². The zero-order valence-electron chi connectivity index (χ0n) is 14.4. The number of ether oxygens (including phenoxy) is 1. The van der Waals surface area contributed by atoms with E-state index in [-0.39, 0.29) is 11.5 Å². The van der Waals surface area contributed by atoms with Crippen molar-refractivity contribution in [1.82, 2.24) is 4.31 Å². The van der Waals surface area contributed by atoms with Gasteiger partial charge in [-0.1, -0.05) is 18.5 Å². The zero-order valence-corrected chi connectivity index (χ0v) is 15.9. The molecule has 0 bridgehead atoms. The van der Waals surface area contributed by atoms with Crippen LogP contribution in [0.3, 0.4) is 0 Å². The maximum absolute atomic E-state index is 12.9. The van der Waals surface area contributed by atoms with Crippen molar-refractivity contribution >= 4 is 33.3 Å².